The maximum absolute atomic E-state index is 13.1. The highest BCUT2D eigenvalue weighted by molar-refractivity contribution is 7.89. The molecule has 2 aliphatic rings. The topological polar surface area (TPSA) is 96.0 Å². The van der Waals surface area contributed by atoms with Crippen molar-refractivity contribution in [1.82, 2.24) is 9.62 Å². The number of hydrogen-bond donors (Lipinski definition) is 1. The third-order valence-electron chi connectivity index (χ3n) is 6.14. The van der Waals surface area contributed by atoms with Crippen LogP contribution >= 0.6 is 0 Å². The van der Waals surface area contributed by atoms with Gasteiger partial charge in [0.15, 0.2) is 0 Å². The second kappa shape index (κ2) is 9.93. The van der Waals surface area contributed by atoms with Gasteiger partial charge in [-0.2, -0.15) is 4.31 Å². The predicted molar refractivity (Wildman–Crippen MR) is 118 cm³/mol. The number of carbonyl (C=O) groups is 2. The van der Waals surface area contributed by atoms with E-state index in [1.807, 2.05) is 6.92 Å². The lowest BCUT2D eigenvalue weighted by atomic mass is 9.95. The molecular weight excluding hydrogens is 418 g/mol. The van der Waals surface area contributed by atoms with Crippen molar-refractivity contribution in [2.75, 3.05) is 38.3 Å². The highest BCUT2D eigenvalue weighted by Gasteiger charge is 2.34. The number of anilines is 1. The first-order valence-electron chi connectivity index (χ1n) is 10.6. The summed E-state index contributed by atoms with van der Waals surface area (Å²) in [5, 5.41) is 2.86. The quantitative estimate of drug-likeness (QED) is 0.668. The lowest BCUT2D eigenvalue weighted by Crippen LogP contribution is -2.51. The summed E-state index contributed by atoms with van der Waals surface area (Å²) in [7, 11) is -1.94. The molecule has 2 unspecified atom stereocenters. The molecule has 0 radical (unpaired) electrons. The van der Waals surface area contributed by atoms with Gasteiger partial charge in [0.25, 0.3) is 0 Å². The Kier molecular flexibility index (Phi) is 7.51. The first kappa shape index (κ1) is 23.4. The molecule has 0 spiro atoms. The van der Waals surface area contributed by atoms with Gasteiger partial charge in [-0.05, 0) is 55.5 Å². The fourth-order valence-electron chi connectivity index (χ4n) is 4.12. The standard InChI is InChI=1S/C22H31N3O5S/c1-4-21(26)23-20-9-12-25(15-16(20)2)31(28,29)19-7-5-18(6-8-19)24(3)22(27)17-10-13-30-14-11-17/h4-8,16-17,20H,1,9-15H2,2-3H3,(H,23,26). The summed E-state index contributed by atoms with van der Waals surface area (Å²) in [5.74, 6) is -0.305. The number of hydrogen-bond acceptors (Lipinski definition) is 5. The van der Waals surface area contributed by atoms with Gasteiger partial charge in [0.2, 0.25) is 21.8 Å². The van der Waals surface area contributed by atoms with E-state index >= 15 is 0 Å². The second-order valence-corrected chi connectivity index (χ2v) is 10.2. The summed E-state index contributed by atoms with van der Waals surface area (Å²) in [6, 6.07) is 6.36. The van der Waals surface area contributed by atoms with Gasteiger partial charge in [-0.15, -0.1) is 0 Å². The Balaban J connectivity index is 1.66. The Morgan fingerprint density at radius 1 is 1.19 bits per heavy atom. The highest BCUT2D eigenvalue weighted by Crippen LogP contribution is 2.27. The second-order valence-electron chi connectivity index (χ2n) is 8.23. The molecule has 2 heterocycles. The van der Waals surface area contributed by atoms with E-state index in [2.05, 4.69) is 11.9 Å². The molecule has 0 aliphatic carbocycles. The fourth-order valence-corrected chi connectivity index (χ4v) is 5.67. The smallest absolute Gasteiger partial charge is 0.243 e. The van der Waals surface area contributed by atoms with E-state index in [4.69, 9.17) is 4.74 Å². The lowest BCUT2D eigenvalue weighted by molar-refractivity contribution is -0.124. The average molecular weight is 450 g/mol. The molecule has 0 aromatic heterocycles. The number of carbonyl (C=O) groups excluding carboxylic acids is 2. The minimum Gasteiger partial charge on any atom is -0.381 e. The molecule has 170 valence electrons. The zero-order valence-corrected chi connectivity index (χ0v) is 18.9. The van der Waals surface area contributed by atoms with Gasteiger partial charge in [-0.25, -0.2) is 8.42 Å². The summed E-state index contributed by atoms with van der Waals surface area (Å²) < 4.78 is 33.0. The maximum Gasteiger partial charge on any atom is 0.243 e. The van der Waals surface area contributed by atoms with Crippen molar-refractivity contribution in [3.63, 3.8) is 0 Å². The number of piperidine rings is 1. The van der Waals surface area contributed by atoms with E-state index in [9.17, 15) is 18.0 Å². The average Bonchev–Trinajstić information content (AvgIpc) is 2.79. The van der Waals surface area contributed by atoms with Crippen LogP contribution in [0.2, 0.25) is 0 Å². The largest absolute Gasteiger partial charge is 0.381 e. The van der Waals surface area contributed by atoms with Crippen molar-refractivity contribution in [2.45, 2.75) is 37.1 Å². The van der Waals surface area contributed by atoms with Crippen LogP contribution in [0.5, 0.6) is 0 Å². The van der Waals surface area contributed by atoms with Gasteiger partial charge < -0.3 is 15.0 Å². The van der Waals surface area contributed by atoms with Crippen LogP contribution in [0.25, 0.3) is 0 Å². The molecule has 1 aromatic rings. The van der Waals surface area contributed by atoms with Crippen LogP contribution < -0.4 is 10.2 Å². The van der Waals surface area contributed by atoms with Gasteiger partial charge >= 0.3 is 0 Å². The molecule has 1 N–H and O–H groups in total. The van der Waals surface area contributed by atoms with Crippen molar-refractivity contribution in [2.24, 2.45) is 11.8 Å². The lowest BCUT2D eigenvalue weighted by Gasteiger charge is -2.36. The molecule has 2 atom stereocenters. The van der Waals surface area contributed by atoms with Gasteiger partial charge in [0.1, 0.15) is 0 Å². The molecule has 31 heavy (non-hydrogen) atoms. The molecule has 3 rings (SSSR count). The van der Waals surface area contributed by atoms with Gasteiger partial charge in [-0.1, -0.05) is 13.5 Å². The predicted octanol–water partition coefficient (Wildman–Crippen LogP) is 1.78. The Bertz CT molecular complexity index is 910. The van der Waals surface area contributed by atoms with E-state index in [1.54, 1.807) is 36.2 Å². The monoisotopic (exact) mass is 449 g/mol. The number of benzene rings is 1. The van der Waals surface area contributed by atoms with Crippen LogP contribution in [-0.4, -0.2) is 63.9 Å². The van der Waals surface area contributed by atoms with Crippen molar-refractivity contribution < 1.29 is 22.7 Å². The molecule has 2 fully saturated rings. The SMILES string of the molecule is C=CC(=O)NC1CCN(S(=O)(=O)c2ccc(N(C)C(=O)C3CCOCC3)cc2)CC1C. The molecule has 2 aliphatic heterocycles. The fraction of sp³-hybridized carbons (Fsp3) is 0.545. The highest BCUT2D eigenvalue weighted by atomic mass is 32.2. The summed E-state index contributed by atoms with van der Waals surface area (Å²) in [4.78, 5) is 26.1. The molecule has 8 nitrogen and oxygen atoms in total. The summed E-state index contributed by atoms with van der Waals surface area (Å²) in [5.41, 5.74) is 0.662. The normalized spacial score (nSPS) is 23.2. The Labute approximate surface area is 184 Å². The Morgan fingerprint density at radius 2 is 1.84 bits per heavy atom. The Morgan fingerprint density at radius 3 is 2.42 bits per heavy atom. The van der Waals surface area contributed by atoms with Crippen molar-refractivity contribution in [1.29, 1.82) is 0 Å². The molecule has 0 bridgehead atoms. The Hall–Kier alpha value is -2.23. The van der Waals surface area contributed by atoms with E-state index in [-0.39, 0.29) is 34.6 Å². The van der Waals surface area contributed by atoms with Crippen LogP contribution in [0.15, 0.2) is 41.8 Å². The van der Waals surface area contributed by atoms with Crippen LogP contribution in [-0.2, 0) is 24.3 Å². The maximum atomic E-state index is 13.1. The number of ether oxygens (including phenoxy) is 1. The van der Waals surface area contributed by atoms with Gasteiger partial charge in [0.05, 0.1) is 4.90 Å². The number of rotatable bonds is 6. The zero-order chi connectivity index (χ0) is 22.6. The van der Waals surface area contributed by atoms with E-state index in [1.165, 1.54) is 10.4 Å². The molecule has 2 amide bonds. The number of sulfonamides is 1. The molecule has 1 aromatic carbocycles. The number of nitrogens with zero attached hydrogens (tertiary/aromatic N) is 2. The van der Waals surface area contributed by atoms with Crippen LogP contribution in [0.4, 0.5) is 5.69 Å². The first-order chi connectivity index (χ1) is 14.7. The van der Waals surface area contributed by atoms with Crippen LogP contribution in [0.1, 0.15) is 26.2 Å². The van der Waals surface area contributed by atoms with Gasteiger partial charge in [-0.3, -0.25) is 9.59 Å². The van der Waals surface area contributed by atoms with Crippen LogP contribution in [0.3, 0.4) is 0 Å². The zero-order valence-electron chi connectivity index (χ0n) is 18.1. The van der Waals surface area contributed by atoms with E-state index < -0.39 is 10.0 Å². The minimum absolute atomic E-state index is 0.0186. The van der Waals surface area contributed by atoms with Crippen molar-refractivity contribution in [3.8, 4) is 0 Å². The first-order valence-corrected chi connectivity index (χ1v) is 12.1. The molecule has 0 saturated carbocycles. The molecular formula is C22H31N3O5S. The van der Waals surface area contributed by atoms with E-state index in [0.717, 1.165) is 0 Å². The molecule has 9 heteroatoms. The summed E-state index contributed by atoms with van der Waals surface area (Å²) >= 11 is 0. The summed E-state index contributed by atoms with van der Waals surface area (Å²) in [6.07, 6.45) is 3.18. The number of nitrogens with one attached hydrogen (secondary N) is 1. The molecule has 2 saturated heterocycles. The van der Waals surface area contributed by atoms with Gasteiger partial charge in [0, 0.05) is 51.0 Å². The van der Waals surface area contributed by atoms with Crippen molar-refractivity contribution >= 4 is 27.5 Å². The summed E-state index contributed by atoms with van der Waals surface area (Å²) in [6.45, 7) is 7.22. The third-order valence-corrected chi connectivity index (χ3v) is 8.02. The third kappa shape index (κ3) is 5.34. The minimum atomic E-state index is -3.66. The van der Waals surface area contributed by atoms with Crippen LogP contribution in [0, 0.1) is 11.8 Å². The number of amides is 2. The van der Waals surface area contributed by atoms with E-state index in [0.29, 0.717) is 51.3 Å². The van der Waals surface area contributed by atoms with Crippen molar-refractivity contribution in [3.05, 3.63) is 36.9 Å².